The second-order valence-corrected chi connectivity index (χ2v) is 12.1. The Kier molecular flexibility index (Phi) is 29.2. The molecule has 0 bridgehead atoms. The van der Waals surface area contributed by atoms with Crippen molar-refractivity contribution in [2.75, 3.05) is 42.7 Å². The highest BCUT2D eigenvalue weighted by atomic mass is 28.4. The average Bonchev–Trinajstić information content (AvgIpc) is 2.72. The number of carbonyl (C=O) groups is 1. The summed E-state index contributed by atoms with van der Waals surface area (Å²) in [6.07, 6.45) is 3.31. The normalized spacial score (nSPS) is 10.4. The van der Waals surface area contributed by atoms with Gasteiger partial charge in [-0.2, -0.15) is 0 Å². The molecule has 29 heavy (non-hydrogen) atoms. The van der Waals surface area contributed by atoms with Crippen LogP contribution in [-0.4, -0.2) is 71.3 Å². The summed E-state index contributed by atoms with van der Waals surface area (Å²) in [5.41, 5.74) is 0.176. The molecule has 0 spiro atoms. The fourth-order valence-electron chi connectivity index (χ4n) is 1.72. The summed E-state index contributed by atoms with van der Waals surface area (Å²) >= 11 is 0. The molecule has 8 nitrogen and oxygen atoms in total. The van der Waals surface area contributed by atoms with Gasteiger partial charge in [-0.05, 0) is 6.92 Å². The molecule has 0 aromatic rings. The maximum Gasteiger partial charge on any atom is 0.500 e. The van der Waals surface area contributed by atoms with Crippen molar-refractivity contribution >= 4 is 23.6 Å². The molecule has 0 radical (unpaired) electrons. The molecule has 10 heteroatoms. The van der Waals surface area contributed by atoms with Gasteiger partial charge in [-0.15, -0.1) is 0 Å². The fourth-order valence-corrected chi connectivity index (χ4v) is 5.17. The predicted molar refractivity (Wildman–Crippen MR) is 122 cm³/mol. The molecule has 178 valence electrons. The highest BCUT2D eigenvalue weighted by Gasteiger charge is 2.36. The Balaban J connectivity index is -0.000000155. The molecule has 0 aromatic heterocycles. The van der Waals surface area contributed by atoms with E-state index in [0.29, 0.717) is 0 Å². The van der Waals surface area contributed by atoms with E-state index in [1.165, 1.54) is 13.3 Å². The van der Waals surface area contributed by atoms with E-state index in [1.54, 1.807) is 42.7 Å². The summed E-state index contributed by atoms with van der Waals surface area (Å²) in [6, 6.07) is 1.77. The van der Waals surface area contributed by atoms with Crippen molar-refractivity contribution in [1.29, 1.82) is 0 Å². The van der Waals surface area contributed by atoms with Gasteiger partial charge < -0.3 is 31.7 Å². The predicted octanol–water partition coefficient (Wildman–Crippen LogP) is 4.61. The maximum atomic E-state index is 9.60. The molecule has 0 saturated heterocycles. The molecule has 0 saturated carbocycles. The van der Waals surface area contributed by atoms with Gasteiger partial charge in [0.15, 0.2) is 0 Å². The third kappa shape index (κ3) is 20.5. The Morgan fingerprint density at radius 1 is 0.724 bits per heavy atom. The zero-order chi connectivity index (χ0) is 23.9. The topological polar surface area (TPSA) is 92.7 Å². The maximum absolute atomic E-state index is 9.60. The quantitative estimate of drug-likeness (QED) is 0.354. The molecule has 0 aromatic carbocycles. The summed E-state index contributed by atoms with van der Waals surface area (Å²) in [6.45, 7) is 13.0. The van der Waals surface area contributed by atoms with Crippen LogP contribution in [0.5, 0.6) is 0 Å². The number of carboxylic acids is 1. The van der Waals surface area contributed by atoms with Crippen LogP contribution in [0.25, 0.3) is 0 Å². The van der Waals surface area contributed by atoms with Crippen LogP contribution in [0.2, 0.25) is 12.1 Å². The van der Waals surface area contributed by atoms with Gasteiger partial charge in [0.05, 0.1) is 0 Å². The minimum atomic E-state index is -2.22. The van der Waals surface area contributed by atoms with Gasteiger partial charge in [-0.25, -0.2) is 4.79 Å². The molecule has 0 aliphatic heterocycles. The van der Waals surface area contributed by atoms with Gasteiger partial charge in [-0.1, -0.05) is 53.5 Å². The Morgan fingerprint density at radius 3 is 0.931 bits per heavy atom. The van der Waals surface area contributed by atoms with Gasteiger partial charge in [0.25, 0.3) is 0 Å². The Bertz CT molecular complexity index is 323. The van der Waals surface area contributed by atoms with Gasteiger partial charge >= 0.3 is 23.6 Å². The highest BCUT2D eigenvalue weighted by molar-refractivity contribution is 6.60. The standard InChI is InChI=1S/2C6H16O3Si.C4H6O2.C3H8/c2*1-5-6-10(7-2,8-3)9-4;1-3(2)4(5)6;1-3-2/h2*5-6H2,1-4H3;1H2,2H3,(H,5,6);3H2,1-2H3. The molecular weight excluding hydrogens is 412 g/mol. The zero-order valence-corrected chi connectivity index (χ0v) is 22.5. The lowest BCUT2D eigenvalue weighted by Crippen LogP contribution is -2.42. The number of carboxylic acid groups (broad SMARTS) is 1. The van der Waals surface area contributed by atoms with Crippen molar-refractivity contribution < 1.29 is 36.5 Å². The van der Waals surface area contributed by atoms with Gasteiger partial charge in [0, 0.05) is 60.3 Å². The fraction of sp³-hybridized carbons (Fsp3) is 0.842. The molecule has 0 rings (SSSR count). The molecular formula is C19H46O8Si2. The zero-order valence-electron chi connectivity index (χ0n) is 20.5. The van der Waals surface area contributed by atoms with Gasteiger partial charge in [0.2, 0.25) is 0 Å². The Labute approximate surface area is 181 Å². The molecule has 1 N–H and O–H groups in total. The third-order valence-corrected chi connectivity index (χ3v) is 9.30. The van der Waals surface area contributed by atoms with E-state index in [9.17, 15) is 4.79 Å². The molecule has 0 heterocycles. The molecule has 0 atom stereocenters. The molecule has 0 unspecified atom stereocenters. The van der Waals surface area contributed by atoms with E-state index in [-0.39, 0.29) is 5.57 Å². The molecule has 0 fully saturated rings. The second-order valence-electron chi connectivity index (χ2n) is 5.88. The third-order valence-electron chi connectivity index (χ3n) is 3.34. The first-order valence-electron chi connectivity index (χ1n) is 9.74. The van der Waals surface area contributed by atoms with Crippen molar-refractivity contribution in [1.82, 2.24) is 0 Å². The van der Waals surface area contributed by atoms with E-state index >= 15 is 0 Å². The van der Waals surface area contributed by atoms with Crippen LogP contribution in [0.4, 0.5) is 0 Å². The van der Waals surface area contributed by atoms with Crippen LogP contribution >= 0.6 is 0 Å². The summed E-state index contributed by atoms with van der Waals surface area (Å²) < 4.78 is 31.0. The highest BCUT2D eigenvalue weighted by Crippen LogP contribution is 2.14. The van der Waals surface area contributed by atoms with Crippen LogP contribution in [0.15, 0.2) is 12.2 Å². The smallest absolute Gasteiger partial charge is 0.478 e. The molecule has 0 amide bonds. The first kappa shape index (κ1) is 35.8. The minimum absolute atomic E-state index is 0.176. The van der Waals surface area contributed by atoms with E-state index < -0.39 is 23.6 Å². The van der Waals surface area contributed by atoms with Crippen LogP contribution in [-0.2, 0) is 31.4 Å². The van der Waals surface area contributed by atoms with E-state index in [0.717, 1.165) is 24.9 Å². The van der Waals surface area contributed by atoms with Crippen LogP contribution in [0.1, 0.15) is 53.9 Å². The molecule has 0 aliphatic carbocycles. The first-order chi connectivity index (χ1) is 13.5. The van der Waals surface area contributed by atoms with Crippen LogP contribution < -0.4 is 0 Å². The van der Waals surface area contributed by atoms with Crippen molar-refractivity contribution in [2.24, 2.45) is 0 Å². The van der Waals surface area contributed by atoms with Gasteiger partial charge in [0.1, 0.15) is 0 Å². The summed E-state index contributed by atoms with van der Waals surface area (Å²) in [5, 5.41) is 7.89. The van der Waals surface area contributed by atoms with E-state index in [1.807, 2.05) is 0 Å². The SMILES string of the molecule is C=C(C)C(=O)O.CCC.CCC[Si](OC)(OC)OC.CCC[Si](OC)(OC)OC. The molecule has 0 aliphatic rings. The van der Waals surface area contributed by atoms with E-state index in [4.69, 9.17) is 31.7 Å². The van der Waals surface area contributed by atoms with Crippen LogP contribution in [0, 0.1) is 0 Å². The van der Waals surface area contributed by atoms with Gasteiger partial charge in [-0.3, -0.25) is 0 Å². The summed E-state index contributed by atoms with van der Waals surface area (Å²) in [5.74, 6) is -0.935. The van der Waals surface area contributed by atoms with Crippen molar-refractivity contribution in [3.8, 4) is 0 Å². The number of hydrogen-bond acceptors (Lipinski definition) is 7. The lowest BCUT2D eigenvalue weighted by Gasteiger charge is -2.23. The number of rotatable bonds is 11. The number of hydrogen-bond donors (Lipinski definition) is 1. The summed E-state index contributed by atoms with van der Waals surface area (Å²) in [4.78, 5) is 9.60. The van der Waals surface area contributed by atoms with E-state index in [2.05, 4.69) is 34.3 Å². The van der Waals surface area contributed by atoms with Crippen molar-refractivity contribution in [3.63, 3.8) is 0 Å². The second kappa shape index (κ2) is 23.7. The van der Waals surface area contributed by atoms with Crippen molar-refractivity contribution in [3.05, 3.63) is 12.2 Å². The first-order valence-corrected chi connectivity index (χ1v) is 13.6. The largest absolute Gasteiger partial charge is 0.500 e. The number of aliphatic carboxylic acids is 1. The Hall–Kier alpha value is -0.596. The summed E-state index contributed by atoms with van der Waals surface area (Å²) in [7, 11) is 5.37. The van der Waals surface area contributed by atoms with Crippen LogP contribution in [0.3, 0.4) is 0 Å². The average molecular weight is 459 g/mol. The Morgan fingerprint density at radius 2 is 0.897 bits per heavy atom. The lowest BCUT2D eigenvalue weighted by molar-refractivity contribution is -0.132. The van der Waals surface area contributed by atoms with Crippen molar-refractivity contribution in [2.45, 2.75) is 66.0 Å². The monoisotopic (exact) mass is 458 g/mol. The lowest BCUT2D eigenvalue weighted by atomic mass is 10.4. The minimum Gasteiger partial charge on any atom is -0.478 e.